The zero-order valence-corrected chi connectivity index (χ0v) is 11.4. The Hall–Kier alpha value is -1.62. The molecule has 5 nitrogen and oxygen atoms in total. The van der Waals surface area contributed by atoms with Crippen molar-refractivity contribution in [1.82, 2.24) is 9.88 Å². The fraction of sp³-hybridized carbons (Fsp3) is 0.571. The highest BCUT2D eigenvalue weighted by molar-refractivity contribution is 5.94. The number of carbonyl (C=O) groups is 1. The van der Waals surface area contributed by atoms with Gasteiger partial charge in [0.1, 0.15) is 5.82 Å². The molecule has 0 aromatic carbocycles. The van der Waals surface area contributed by atoms with Gasteiger partial charge in [0, 0.05) is 38.0 Å². The second kappa shape index (κ2) is 7.09. The van der Waals surface area contributed by atoms with Gasteiger partial charge in [-0.15, -0.1) is 0 Å². The SMILES string of the molecule is CCCNc1cc(C(=O)N2CCCOCC2)ccn1. The molecule has 2 heterocycles. The number of anilines is 1. The van der Waals surface area contributed by atoms with Gasteiger partial charge in [-0.3, -0.25) is 4.79 Å². The lowest BCUT2D eigenvalue weighted by Gasteiger charge is -2.19. The number of rotatable bonds is 4. The van der Waals surface area contributed by atoms with Crippen molar-refractivity contribution in [3.05, 3.63) is 23.9 Å². The van der Waals surface area contributed by atoms with Gasteiger partial charge in [0.2, 0.25) is 0 Å². The summed E-state index contributed by atoms with van der Waals surface area (Å²) in [4.78, 5) is 18.5. The summed E-state index contributed by atoms with van der Waals surface area (Å²) in [5.41, 5.74) is 0.690. The van der Waals surface area contributed by atoms with Gasteiger partial charge in [0.05, 0.1) is 6.61 Å². The van der Waals surface area contributed by atoms with Gasteiger partial charge in [-0.1, -0.05) is 6.92 Å². The fourth-order valence-corrected chi connectivity index (χ4v) is 2.05. The van der Waals surface area contributed by atoms with Gasteiger partial charge in [-0.25, -0.2) is 4.98 Å². The van der Waals surface area contributed by atoms with Gasteiger partial charge in [0.15, 0.2) is 0 Å². The molecule has 1 saturated heterocycles. The van der Waals surface area contributed by atoms with Crippen LogP contribution in [0.25, 0.3) is 0 Å². The number of aromatic nitrogens is 1. The average Bonchev–Trinajstić information content (AvgIpc) is 2.73. The van der Waals surface area contributed by atoms with Gasteiger partial charge < -0.3 is 15.0 Å². The van der Waals surface area contributed by atoms with Crippen molar-refractivity contribution < 1.29 is 9.53 Å². The average molecular weight is 263 g/mol. The van der Waals surface area contributed by atoms with E-state index in [9.17, 15) is 4.79 Å². The predicted molar refractivity (Wildman–Crippen MR) is 74.4 cm³/mol. The molecule has 0 aliphatic carbocycles. The van der Waals surface area contributed by atoms with E-state index in [-0.39, 0.29) is 5.91 Å². The maximum absolute atomic E-state index is 12.4. The Kier molecular flexibility index (Phi) is 5.15. The molecule has 1 aromatic rings. The molecule has 1 aliphatic rings. The Bertz CT molecular complexity index is 415. The summed E-state index contributed by atoms with van der Waals surface area (Å²) in [6.45, 7) is 5.75. The van der Waals surface area contributed by atoms with Crippen molar-refractivity contribution in [3.63, 3.8) is 0 Å². The first-order chi connectivity index (χ1) is 9.31. The number of nitrogens with zero attached hydrogens (tertiary/aromatic N) is 2. The Balaban J connectivity index is 2.04. The van der Waals surface area contributed by atoms with Crippen LogP contribution in [0.5, 0.6) is 0 Å². The van der Waals surface area contributed by atoms with E-state index in [1.165, 1.54) is 0 Å². The van der Waals surface area contributed by atoms with E-state index >= 15 is 0 Å². The van der Waals surface area contributed by atoms with Crippen molar-refractivity contribution in [2.24, 2.45) is 0 Å². The molecule has 1 fully saturated rings. The van der Waals surface area contributed by atoms with E-state index in [2.05, 4.69) is 17.2 Å². The topological polar surface area (TPSA) is 54.5 Å². The van der Waals surface area contributed by atoms with Crippen LogP contribution in [-0.4, -0.2) is 48.6 Å². The van der Waals surface area contributed by atoms with Gasteiger partial charge in [0.25, 0.3) is 5.91 Å². The third kappa shape index (κ3) is 3.92. The Morgan fingerprint density at radius 3 is 3.21 bits per heavy atom. The lowest BCUT2D eigenvalue weighted by molar-refractivity contribution is 0.0741. The highest BCUT2D eigenvalue weighted by Crippen LogP contribution is 2.11. The first kappa shape index (κ1) is 13.8. The largest absolute Gasteiger partial charge is 0.380 e. The minimum absolute atomic E-state index is 0.0625. The molecule has 0 spiro atoms. The Morgan fingerprint density at radius 1 is 1.47 bits per heavy atom. The minimum Gasteiger partial charge on any atom is -0.380 e. The van der Waals surface area contributed by atoms with Gasteiger partial charge in [-0.05, 0) is 25.0 Å². The Morgan fingerprint density at radius 2 is 2.37 bits per heavy atom. The number of nitrogens with one attached hydrogen (secondary N) is 1. The van der Waals surface area contributed by atoms with Gasteiger partial charge >= 0.3 is 0 Å². The molecule has 0 radical (unpaired) electrons. The molecule has 0 unspecified atom stereocenters. The lowest BCUT2D eigenvalue weighted by atomic mass is 10.2. The first-order valence-corrected chi connectivity index (χ1v) is 6.88. The van der Waals surface area contributed by atoms with Crippen LogP contribution < -0.4 is 5.32 Å². The second-order valence-electron chi connectivity index (χ2n) is 4.61. The fourth-order valence-electron chi connectivity index (χ4n) is 2.05. The molecular weight excluding hydrogens is 242 g/mol. The zero-order valence-electron chi connectivity index (χ0n) is 11.4. The number of pyridine rings is 1. The minimum atomic E-state index is 0.0625. The molecule has 1 N–H and O–H groups in total. The number of amides is 1. The van der Waals surface area contributed by atoms with Crippen LogP contribution >= 0.6 is 0 Å². The molecule has 1 amide bonds. The quantitative estimate of drug-likeness (QED) is 0.899. The number of carbonyl (C=O) groups excluding carboxylic acids is 1. The maximum atomic E-state index is 12.4. The van der Waals surface area contributed by atoms with Crippen molar-refractivity contribution in [1.29, 1.82) is 0 Å². The summed E-state index contributed by atoms with van der Waals surface area (Å²) in [5.74, 6) is 0.825. The van der Waals surface area contributed by atoms with Crippen LogP contribution in [0.4, 0.5) is 5.82 Å². The number of ether oxygens (including phenoxy) is 1. The van der Waals surface area contributed by atoms with Crippen molar-refractivity contribution in [3.8, 4) is 0 Å². The van der Waals surface area contributed by atoms with E-state index in [4.69, 9.17) is 4.74 Å². The van der Waals surface area contributed by atoms with Crippen LogP contribution in [0.15, 0.2) is 18.3 Å². The Labute approximate surface area is 114 Å². The van der Waals surface area contributed by atoms with Crippen molar-refractivity contribution in [2.75, 3.05) is 38.2 Å². The third-order valence-corrected chi connectivity index (χ3v) is 3.07. The summed E-state index contributed by atoms with van der Waals surface area (Å²) in [6, 6.07) is 3.59. The molecule has 0 atom stereocenters. The summed E-state index contributed by atoms with van der Waals surface area (Å²) in [5, 5.41) is 3.20. The van der Waals surface area contributed by atoms with Crippen molar-refractivity contribution >= 4 is 11.7 Å². The van der Waals surface area contributed by atoms with Crippen LogP contribution in [-0.2, 0) is 4.74 Å². The second-order valence-corrected chi connectivity index (χ2v) is 4.61. The molecule has 1 aromatic heterocycles. The molecule has 2 rings (SSSR count). The zero-order chi connectivity index (χ0) is 13.5. The molecule has 19 heavy (non-hydrogen) atoms. The van der Waals surface area contributed by atoms with E-state index in [1.807, 2.05) is 11.0 Å². The lowest BCUT2D eigenvalue weighted by Crippen LogP contribution is -2.33. The molecular formula is C14H21N3O2. The van der Waals surface area contributed by atoms with E-state index in [0.29, 0.717) is 18.7 Å². The summed E-state index contributed by atoms with van der Waals surface area (Å²) >= 11 is 0. The van der Waals surface area contributed by atoms with E-state index in [1.54, 1.807) is 12.3 Å². The molecule has 1 aliphatic heterocycles. The van der Waals surface area contributed by atoms with E-state index in [0.717, 1.165) is 38.4 Å². The van der Waals surface area contributed by atoms with E-state index < -0.39 is 0 Å². The smallest absolute Gasteiger partial charge is 0.254 e. The first-order valence-electron chi connectivity index (χ1n) is 6.88. The third-order valence-electron chi connectivity index (χ3n) is 3.07. The van der Waals surface area contributed by atoms with Crippen LogP contribution in [0.2, 0.25) is 0 Å². The summed E-state index contributed by atoms with van der Waals surface area (Å²) < 4.78 is 5.37. The standard InChI is InChI=1S/C14H21N3O2/c1-2-5-15-13-11-12(4-6-16-13)14(18)17-7-3-9-19-10-8-17/h4,6,11H,2-3,5,7-10H2,1H3,(H,15,16). The maximum Gasteiger partial charge on any atom is 0.254 e. The number of hydrogen-bond acceptors (Lipinski definition) is 4. The van der Waals surface area contributed by atoms with Crippen molar-refractivity contribution in [2.45, 2.75) is 19.8 Å². The van der Waals surface area contributed by atoms with Crippen LogP contribution in [0, 0.1) is 0 Å². The van der Waals surface area contributed by atoms with Gasteiger partial charge in [-0.2, -0.15) is 0 Å². The molecule has 104 valence electrons. The normalized spacial score (nSPS) is 15.9. The van der Waals surface area contributed by atoms with Crippen LogP contribution in [0.1, 0.15) is 30.1 Å². The molecule has 0 bridgehead atoms. The predicted octanol–water partition coefficient (Wildman–Crippen LogP) is 1.77. The molecule has 5 heteroatoms. The summed E-state index contributed by atoms with van der Waals surface area (Å²) in [6.07, 6.45) is 3.61. The number of hydrogen-bond donors (Lipinski definition) is 1. The van der Waals surface area contributed by atoms with Crippen LogP contribution in [0.3, 0.4) is 0 Å². The highest BCUT2D eigenvalue weighted by Gasteiger charge is 2.17. The highest BCUT2D eigenvalue weighted by atomic mass is 16.5. The molecule has 0 saturated carbocycles. The summed E-state index contributed by atoms with van der Waals surface area (Å²) in [7, 11) is 0. The monoisotopic (exact) mass is 263 g/mol.